The van der Waals surface area contributed by atoms with Gasteiger partial charge in [-0.25, -0.2) is 4.98 Å². The highest BCUT2D eigenvalue weighted by atomic mass is 32.1. The normalized spacial score (nSPS) is 29.8. The first-order valence-corrected chi connectivity index (χ1v) is 7.62. The smallest absolute Gasteiger partial charge is 0.185 e. The molecule has 4 heteroatoms. The minimum atomic E-state index is 0.768. The van der Waals surface area contributed by atoms with Crippen molar-refractivity contribution in [3.8, 4) is 0 Å². The van der Waals surface area contributed by atoms with Crippen molar-refractivity contribution in [2.24, 2.45) is 17.8 Å². The van der Waals surface area contributed by atoms with Gasteiger partial charge in [-0.1, -0.05) is 17.8 Å². The molecular formula is C14H20N2OS. The summed E-state index contributed by atoms with van der Waals surface area (Å²) in [5.74, 6) is 2.79. The van der Waals surface area contributed by atoms with Crippen molar-refractivity contribution in [1.82, 2.24) is 4.98 Å². The summed E-state index contributed by atoms with van der Waals surface area (Å²) in [4.78, 5) is 18.4. The Labute approximate surface area is 112 Å². The van der Waals surface area contributed by atoms with Crippen LogP contribution < -0.4 is 4.90 Å². The fraction of sp³-hybridized carbons (Fsp3) is 0.714. The van der Waals surface area contributed by atoms with E-state index in [0.717, 1.165) is 46.3 Å². The Balaban J connectivity index is 1.67. The summed E-state index contributed by atoms with van der Waals surface area (Å²) >= 11 is 1.52. The second-order valence-electron chi connectivity index (χ2n) is 5.88. The van der Waals surface area contributed by atoms with Crippen LogP contribution in [-0.4, -0.2) is 24.9 Å². The first-order valence-electron chi connectivity index (χ1n) is 6.81. The van der Waals surface area contributed by atoms with Crippen LogP contribution in [0.15, 0.2) is 0 Å². The van der Waals surface area contributed by atoms with Gasteiger partial charge in [0.1, 0.15) is 0 Å². The second kappa shape index (κ2) is 4.65. The number of aldehydes is 1. The van der Waals surface area contributed by atoms with E-state index in [1.54, 1.807) is 0 Å². The zero-order valence-electron chi connectivity index (χ0n) is 11.1. The number of fused-ring (bicyclic) bond motifs is 2. The van der Waals surface area contributed by atoms with Gasteiger partial charge >= 0.3 is 0 Å². The van der Waals surface area contributed by atoms with E-state index in [9.17, 15) is 4.79 Å². The molecule has 0 aromatic carbocycles. The largest absolute Gasteiger partial charge is 0.351 e. The van der Waals surface area contributed by atoms with Gasteiger partial charge in [0.2, 0.25) is 0 Å². The number of carbonyl (C=O) groups is 1. The molecule has 3 atom stereocenters. The molecule has 3 rings (SSSR count). The van der Waals surface area contributed by atoms with Gasteiger partial charge in [0.15, 0.2) is 11.4 Å². The molecule has 2 saturated carbocycles. The van der Waals surface area contributed by atoms with Crippen molar-refractivity contribution in [1.29, 1.82) is 0 Å². The van der Waals surface area contributed by atoms with E-state index in [-0.39, 0.29) is 0 Å². The molecular weight excluding hydrogens is 244 g/mol. The molecule has 3 unspecified atom stereocenters. The number of hydrogen-bond donors (Lipinski definition) is 0. The fourth-order valence-corrected chi connectivity index (χ4v) is 4.55. The van der Waals surface area contributed by atoms with E-state index < -0.39 is 0 Å². The third-order valence-corrected chi connectivity index (χ3v) is 5.84. The molecule has 98 valence electrons. The summed E-state index contributed by atoms with van der Waals surface area (Å²) in [5.41, 5.74) is 0.866. The van der Waals surface area contributed by atoms with Crippen LogP contribution in [0.3, 0.4) is 0 Å². The molecule has 0 saturated heterocycles. The highest BCUT2D eigenvalue weighted by molar-refractivity contribution is 7.17. The predicted molar refractivity (Wildman–Crippen MR) is 74.4 cm³/mol. The zero-order valence-corrected chi connectivity index (χ0v) is 11.9. The number of aryl methyl sites for hydroxylation is 1. The first kappa shape index (κ1) is 12.2. The standard InChI is InChI=1S/C14H20N2OS/c1-9-13(8-17)18-14(15-9)16(2)7-12-6-10-3-4-11(12)5-10/h8,10-12H,3-7H2,1-2H3. The van der Waals surface area contributed by atoms with Gasteiger partial charge in [-0.2, -0.15) is 0 Å². The maximum Gasteiger partial charge on any atom is 0.185 e. The Morgan fingerprint density at radius 3 is 2.83 bits per heavy atom. The van der Waals surface area contributed by atoms with Gasteiger partial charge in [-0.15, -0.1) is 0 Å². The molecule has 0 aliphatic heterocycles. The van der Waals surface area contributed by atoms with Gasteiger partial charge in [-0.3, -0.25) is 4.79 Å². The highest BCUT2D eigenvalue weighted by Crippen LogP contribution is 2.48. The van der Waals surface area contributed by atoms with Crippen LogP contribution in [0.5, 0.6) is 0 Å². The van der Waals surface area contributed by atoms with E-state index in [2.05, 4.69) is 16.9 Å². The minimum absolute atomic E-state index is 0.768. The number of nitrogens with zero attached hydrogens (tertiary/aromatic N) is 2. The number of rotatable bonds is 4. The molecule has 1 aromatic rings. The summed E-state index contributed by atoms with van der Waals surface area (Å²) in [6.45, 7) is 3.02. The maximum atomic E-state index is 10.9. The van der Waals surface area contributed by atoms with Crippen LogP contribution >= 0.6 is 11.3 Å². The maximum absolute atomic E-state index is 10.9. The molecule has 18 heavy (non-hydrogen) atoms. The first-order chi connectivity index (χ1) is 8.67. The lowest BCUT2D eigenvalue weighted by molar-refractivity contribution is 0.112. The van der Waals surface area contributed by atoms with E-state index in [4.69, 9.17) is 0 Å². The number of thiazole rings is 1. The number of aromatic nitrogens is 1. The van der Waals surface area contributed by atoms with E-state index in [1.165, 1.54) is 37.0 Å². The zero-order chi connectivity index (χ0) is 12.7. The van der Waals surface area contributed by atoms with Crippen LogP contribution in [0.1, 0.15) is 41.0 Å². The summed E-state index contributed by atoms with van der Waals surface area (Å²) in [5, 5.41) is 0.998. The second-order valence-corrected chi connectivity index (χ2v) is 6.89. The van der Waals surface area contributed by atoms with Crippen molar-refractivity contribution in [3.63, 3.8) is 0 Å². The lowest BCUT2D eigenvalue weighted by atomic mass is 9.88. The SMILES string of the molecule is Cc1nc(N(C)CC2CC3CCC2C3)sc1C=O. The van der Waals surface area contributed by atoms with E-state index in [0.29, 0.717) is 0 Å². The Kier molecular flexibility index (Phi) is 3.14. The van der Waals surface area contributed by atoms with E-state index in [1.807, 2.05) is 6.92 Å². The van der Waals surface area contributed by atoms with Crippen molar-refractivity contribution in [3.05, 3.63) is 10.6 Å². The average molecular weight is 264 g/mol. The van der Waals surface area contributed by atoms with Crippen molar-refractivity contribution < 1.29 is 4.79 Å². The lowest BCUT2D eigenvalue weighted by Crippen LogP contribution is -2.28. The topological polar surface area (TPSA) is 33.2 Å². The molecule has 1 heterocycles. The lowest BCUT2D eigenvalue weighted by Gasteiger charge is -2.26. The van der Waals surface area contributed by atoms with E-state index >= 15 is 0 Å². The molecule has 0 N–H and O–H groups in total. The van der Waals surface area contributed by atoms with Gasteiger partial charge in [-0.05, 0) is 43.9 Å². The fourth-order valence-electron chi connectivity index (χ4n) is 3.70. The average Bonchev–Trinajstić information content (AvgIpc) is 3.03. The Hall–Kier alpha value is -0.900. The summed E-state index contributed by atoms with van der Waals surface area (Å²) in [6, 6.07) is 0. The van der Waals surface area contributed by atoms with Gasteiger partial charge in [0.25, 0.3) is 0 Å². The molecule has 1 aromatic heterocycles. The molecule has 3 nitrogen and oxygen atoms in total. The molecule has 2 bridgehead atoms. The number of carbonyl (C=O) groups excluding carboxylic acids is 1. The van der Waals surface area contributed by atoms with Crippen LogP contribution in [0.2, 0.25) is 0 Å². The molecule has 0 spiro atoms. The van der Waals surface area contributed by atoms with Crippen LogP contribution in [0, 0.1) is 24.7 Å². The minimum Gasteiger partial charge on any atom is -0.351 e. The summed E-state index contributed by atoms with van der Waals surface area (Å²) in [6.07, 6.45) is 6.66. The quantitative estimate of drug-likeness (QED) is 0.783. The van der Waals surface area contributed by atoms with Gasteiger partial charge in [0, 0.05) is 13.6 Å². The monoisotopic (exact) mass is 264 g/mol. The van der Waals surface area contributed by atoms with Gasteiger partial charge in [0.05, 0.1) is 10.6 Å². The Bertz CT molecular complexity index is 457. The number of hydrogen-bond acceptors (Lipinski definition) is 4. The molecule has 2 aliphatic rings. The number of anilines is 1. The molecule has 0 amide bonds. The third-order valence-electron chi connectivity index (χ3n) is 4.65. The van der Waals surface area contributed by atoms with Crippen molar-refractivity contribution in [2.45, 2.75) is 32.6 Å². The molecule has 2 fully saturated rings. The molecule has 2 aliphatic carbocycles. The molecule has 0 radical (unpaired) electrons. The van der Waals surface area contributed by atoms with Crippen LogP contribution in [0.25, 0.3) is 0 Å². The van der Waals surface area contributed by atoms with Gasteiger partial charge < -0.3 is 4.90 Å². The summed E-state index contributed by atoms with van der Waals surface area (Å²) in [7, 11) is 2.11. The van der Waals surface area contributed by atoms with Crippen molar-refractivity contribution in [2.75, 3.05) is 18.5 Å². The highest BCUT2D eigenvalue weighted by Gasteiger charge is 2.39. The summed E-state index contributed by atoms with van der Waals surface area (Å²) < 4.78 is 0. The Morgan fingerprint density at radius 2 is 2.28 bits per heavy atom. The van der Waals surface area contributed by atoms with Crippen molar-refractivity contribution >= 4 is 22.8 Å². The Morgan fingerprint density at radius 1 is 1.44 bits per heavy atom. The third kappa shape index (κ3) is 2.07. The van der Waals surface area contributed by atoms with Crippen LogP contribution in [0.4, 0.5) is 5.13 Å². The van der Waals surface area contributed by atoms with Crippen LogP contribution in [-0.2, 0) is 0 Å². The predicted octanol–water partition coefficient (Wildman–Crippen LogP) is 3.14.